The molecule has 4 nitrogen and oxygen atoms in total. The van der Waals surface area contributed by atoms with E-state index in [1.807, 2.05) is 31.3 Å². The van der Waals surface area contributed by atoms with Crippen LogP contribution in [0.3, 0.4) is 0 Å². The zero-order valence-corrected chi connectivity index (χ0v) is 16.2. The summed E-state index contributed by atoms with van der Waals surface area (Å²) in [7, 11) is 1.86. The number of aromatic nitrogens is 2. The first kappa shape index (κ1) is 17.5. The van der Waals surface area contributed by atoms with Crippen LogP contribution in [-0.2, 0) is 7.05 Å². The van der Waals surface area contributed by atoms with Crippen molar-refractivity contribution in [3.63, 3.8) is 0 Å². The summed E-state index contributed by atoms with van der Waals surface area (Å²) in [5.74, 6) is 0.238. The average molecular weight is 418 g/mol. The predicted molar refractivity (Wildman–Crippen MR) is 105 cm³/mol. The SMILES string of the molecule is Cn1nc(-c2ccc(OCCCNC3CC3)cc2F)c2ccc(Br)cc21. The summed E-state index contributed by atoms with van der Waals surface area (Å²) in [4.78, 5) is 0. The second-order valence-corrected chi connectivity index (χ2v) is 7.62. The molecule has 2 aromatic carbocycles. The van der Waals surface area contributed by atoms with Crippen LogP contribution in [0.25, 0.3) is 22.2 Å². The fourth-order valence-electron chi connectivity index (χ4n) is 3.06. The molecule has 1 heterocycles. The molecule has 0 saturated heterocycles. The van der Waals surface area contributed by atoms with E-state index < -0.39 is 0 Å². The van der Waals surface area contributed by atoms with Crippen LogP contribution in [0, 0.1) is 5.82 Å². The first-order valence-electron chi connectivity index (χ1n) is 8.90. The second kappa shape index (κ2) is 7.37. The van der Waals surface area contributed by atoms with E-state index in [2.05, 4.69) is 26.3 Å². The van der Waals surface area contributed by atoms with Crippen LogP contribution in [0.2, 0.25) is 0 Å². The molecule has 0 radical (unpaired) electrons. The third kappa shape index (κ3) is 3.76. The van der Waals surface area contributed by atoms with Crippen molar-refractivity contribution in [3.05, 3.63) is 46.7 Å². The fourth-order valence-corrected chi connectivity index (χ4v) is 3.41. The standard InChI is InChI=1S/C20H21BrFN3O/c1-25-19-11-13(21)3-7-17(19)20(24-25)16-8-6-15(12-18(16)22)26-10-2-9-23-14-4-5-14/h3,6-8,11-12,14,23H,2,4-5,9-10H2,1H3. The number of nitrogens with one attached hydrogen (secondary N) is 1. The van der Waals surface area contributed by atoms with E-state index in [1.54, 1.807) is 10.7 Å². The predicted octanol–water partition coefficient (Wildman–Crippen LogP) is 4.66. The van der Waals surface area contributed by atoms with Crippen LogP contribution < -0.4 is 10.1 Å². The lowest BCUT2D eigenvalue weighted by atomic mass is 10.1. The number of rotatable bonds is 7. The Bertz CT molecular complexity index is 936. The monoisotopic (exact) mass is 417 g/mol. The number of benzene rings is 2. The summed E-state index contributed by atoms with van der Waals surface area (Å²) >= 11 is 3.47. The van der Waals surface area contributed by atoms with Crippen molar-refractivity contribution in [2.24, 2.45) is 7.05 Å². The number of ether oxygens (including phenoxy) is 1. The normalized spacial score (nSPS) is 14.1. The number of aryl methyl sites for hydroxylation is 1. The lowest BCUT2D eigenvalue weighted by Crippen LogP contribution is -2.19. The van der Waals surface area contributed by atoms with Gasteiger partial charge >= 0.3 is 0 Å². The Morgan fingerprint density at radius 3 is 2.88 bits per heavy atom. The third-order valence-corrected chi connectivity index (χ3v) is 5.10. The van der Waals surface area contributed by atoms with Gasteiger partial charge in [-0.1, -0.05) is 15.9 Å². The van der Waals surface area contributed by atoms with Gasteiger partial charge in [-0.05, 0) is 56.1 Å². The van der Waals surface area contributed by atoms with Gasteiger partial charge in [-0.15, -0.1) is 0 Å². The summed E-state index contributed by atoms with van der Waals surface area (Å²) in [6.45, 7) is 1.53. The molecule has 0 spiro atoms. The van der Waals surface area contributed by atoms with Crippen LogP contribution in [0.1, 0.15) is 19.3 Å². The van der Waals surface area contributed by atoms with E-state index in [9.17, 15) is 4.39 Å². The molecule has 1 aliphatic rings. The van der Waals surface area contributed by atoms with Gasteiger partial charge in [0.1, 0.15) is 17.3 Å². The quantitative estimate of drug-likeness (QED) is 0.568. The molecular formula is C20H21BrFN3O. The molecule has 1 fully saturated rings. The van der Waals surface area contributed by atoms with Crippen LogP contribution in [0.5, 0.6) is 5.75 Å². The molecule has 0 unspecified atom stereocenters. The van der Waals surface area contributed by atoms with Crippen LogP contribution in [0.4, 0.5) is 4.39 Å². The van der Waals surface area contributed by atoms with Crippen molar-refractivity contribution in [2.75, 3.05) is 13.2 Å². The van der Waals surface area contributed by atoms with Crippen molar-refractivity contribution in [2.45, 2.75) is 25.3 Å². The van der Waals surface area contributed by atoms with Gasteiger partial charge in [0.2, 0.25) is 0 Å². The van der Waals surface area contributed by atoms with Crippen molar-refractivity contribution in [3.8, 4) is 17.0 Å². The van der Waals surface area contributed by atoms with Gasteiger partial charge in [-0.25, -0.2) is 4.39 Å². The lowest BCUT2D eigenvalue weighted by Gasteiger charge is -2.08. The number of halogens is 2. The molecule has 1 aromatic heterocycles. The molecule has 6 heteroatoms. The largest absolute Gasteiger partial charge is 0.493 e. The van der Waals surface area contributed by atoms with E-state index in [4.69, 9.17) is 4.74 Å². The van der Waals surface area contributed by atoms with Gasteiger partial charge in [-0.2, -0.15) is 5.10 Å². The number of nitrogens with zero attached hydrogens (tertiary/aromatic N) is 2. The maximum Gasteiger partial charge on any atom is 0.136 e. The number of hydrogen-bond donors (Lipinski definition) is 1. The van der Waals surface area contributed by atoms with E-state index in [-0.39, 0.29) is 5.82 Å². The highest BCUT2D eigenvalue weighted by atomic mass is 79.9. The molecule has 4 rings (SSSR count). The molecule has 0 bridgehead atoms. The highest BCUT2D eigenvalue weighted by molar-refractivity contribution is 9.10. The van der Waals surface area contributed by atoms with E-state index in [1.165, 1.54) is 18.9 Å². The topological polar surface area (TPSA) is 39.1 Å². The molecule has 0 amide bonds. The summed E-state index contributed by atoms with van der Waals surface area (Å²) in [6, 6.07) is 11.6. The minimum Gasteiger partial charge on any atom is -0.493 e. The molecule has 0 atom stereocenters. The minimum atomic E-state index is -0.318. The van der Waals surface area contributed by atoms with Crippen molar-refractivity contribution in [1.29, 1.82) is 0 Å². The van der Waals surface area contributed by atoms with Gasteiger partial charge in [0.25, 0.3) is 0 Å². The zero-order valence-electron chi connectivity index (χ0n) is 14.6. The molecule has 26 heavy (non-hydrogen) atoms. The first-order chi connectivity index (χ1) is 12.6. The summed E-state index contributed by atoms with van der Waals surface area (Å²) in [5, 5.41) is 8.87. The maximum absolute atomic E-state index is 14.7. The first-order valence-corrected chi connectivity index (χ1v) is 9.69. The van der Waals surface area contributed by atoms with Gasteiger partial charge < -0.3 is 10.1 Å². The smallest absolute Gasteiger partial charge is 0.136 e. The Morgan fingerprint density at radius 1 is 1.27 bits per heavy atom. The molecular weight excluding hydrogens is 397 g/mol. The van der Waals surface area contributed by atoms with Gasteiger partial charge in [0.05, 0.1) is 12.1 Å². The van der Waals surface area contributed by atoms with Crippen LogP contribution >= 0.6 is 15.9 Å². The van der Waals surface area contributed by atoms with E-state index >= 15 is 0 Å². The Kier molecular flexibility index (Phi) is 4.96. The van der Waals surface area contributed by atoms with Crippen molar-refractivity contribution < 1.29 is 9.13 Å². The minimum absolute atomic E-state index is 0.318. The lowest BCUT2D eigenvalue weighted by molar-refractivity contribution is 0.306. The second-order valence-electron chi connectivity index (χ2n) is 6.71. The Morgan fingerprint density at radius 2 is 2.12 bits per heavy atom. The zero-order chi connectivity index (χ0) is 18.1. The highest BCUT2D eigenvalue weighted by Crippen LogP contribution is 2.32. The van der Waals surface area contributed by atoms with Gasteiger partial charge in [0.15, 0.2) is 0 Å². The van der Waals surface area contributed by atoms with E-state index in [0.29, 0.717) is 29.7 Å². The highest BCUT2D eigenvalue weighted by Gasteiger charge is 2.19. The van der Waals surface area contributed by atoms with Gasteiger partial charge in [-0.3, -0.25) is 4.68 Å². The Hall–Kier alpha value is -1.92. The molecule has 1 N–H and O–H groups in total. The van der Waals surface area contributed by atoms with Crippen LogP contribution in [0.15, 0.2) is 40.9 Å². The fraction of sp³-hybridized carbons (Fsp3) is 0.350. The maximum atomic E-state index is 14.7. The Balaban J connectivity index is 1.49. The van der Waals surface area contributed by atoms with E-state index in [0.717, 1.165) is 28.3 Å². The van der Waals surface area contributed by atoms with Crippen molar-refractivity contribution >= 4 is 26.8 Å². The van der Waals surface area contributed by atoms with Gasteiger partial charge in [0, 0.05) is 34.6 Å². The molecule has 3 aromatic rings. The van der Waals surface area contributed by atoms with Crippen LogP contribution in [-0.4, -0.2) is 29.0 Å². The molecule has 0 aliphatic heterocycles. The summed E-state index contributed by atoms with van der Waals surface area (Å²) in [6.07, 6.45) is 3.49. The average Bonchev–Trinajstić information content (AvgIpc) is 3.39. The summed E-state index contributed by atoms with van der Waals surface area (Å²) in [5.41, 5.74) is 2.09. The molecule has 136 valence electrons. The molecule has 1 aliphatic carbocycles. The number of fused-ring (bicyclic) bond motifs is 1. The summed E-state index contributed by atoms with van der Waals surface area (Å²) < 4.78 is 23.1. The Labute approximate surface area is 160 Å². The van der Waals surface area contributed by atoms with Crippen molar-refractivity contribution in [1.82, 2.24) is 15.1 Å². The number of hydrogen-bond acceptors (Lipinski definition) is 3. The third-order valence-electron chi connectivity index (χ3n) is 4.61. The molecule has 1 saturated carbocycles.